The highest BCUT2D eigenvalue weighted by atomic mass is 31.2. The summed E-state index contributed by atoms with van der Waals surface area (Å²) < 4.78 is 39.5. The van der Waals surface area contributed by atoms with Crippen LogP contribution in [0.25, 0.3) is 0 Å². The topological polar surface area (TPSA) is 98.1 Å². The number of ether oxygens (including phenoxy) is 2. The fraction of sp³-hybridized carbons (Fsp3) is 0.875. The van der Waals surface area contributed by atoms with Gasteiger partial charge in [0.2, 0.25) is 0 Å². The highest BCUT2D eigenvalue weighted by molar-refractivity contribution is 7.51. The van der Waals surface area contributed by atoms with Crippen molar-refractivity contribution in [3.63, 3.8) is 0 Å². The molecule has 0 fully saturated rings. The monoisotopic (exact) mass is 823 g/mol. The van der Waals surface area contributed by atoms with E-state index in [0.29, 0.717) is 13.0 Å². The molecule has 0 amide bonds. The van der Waals surface area contributed by atoms with Crippen LogP contribution in [-0.2, 0) is 27.9 Å². The summed E-state index contributed by atoms with van der Waals surface area (Å²) in [6, 6.07) is 1.80. The highest BCUT2D eigenvalue weighted by Gasteiger charge is 2.38. The molecule has 0 aliphatic heterocycles. The molecule has 8 nitrogen and oxygen atoms in total. The summed E-state index contributed by atoms with van der Waals surface area (Å²) in [5, 5.41) is 9.07. The zero-order chi connectivity index (χ0) is 42.1. The van der Waals surface area contributed by atoms with Crippen LogP contribution in [-0.4, -0.2) is 55.3 Å². The molecule has 0 aliphatic carbocycles. The molecular formula is C48H91N2O6P. The van der Waals surface area contributed by atoms with Gasteiger partial charge in [0, 0.05) is 25.1 Å². The van der Waals surface area contributed by atoms with Crippen LogP contribution < -0.4 is 0 Å². The number of hydrogen-bond donors (Lipinski definition) is 0. The number of allylic oxidation sites excluding steroid dienone is 4. The zero-order valence-electron chi connectivity index (χ0n) is 38.2. The van der Waals surface area contributed by atoms with Gasteiger partial charge in [-0.25, -0.2) is 9.24 Å². The average Bonchev–Trinajstić information content (AvgIpc) is 3.17. The summed E-state index contributed by atoms with van der Waals surface area (Å²) >= 11 is 0. The molecule has 57 heavy (non-hydrogen) atoms. The van der Waals surface area contributed by atoms with Crippen molar-refractivity contribution >= 4 is 13.7 Å². The zero-order valence-corrected chi connectivity index (χ0v) is 39.1. The number of hydrogen-bond acceptors (Lipinski definition) is 7. The smallest absolute Gasteiger partial charge is 0.408 e. The average molecular weight is 823 g/mol. The second kappa shape index (κ2) is 41.3. The summed E-state index contributed by atoms with van der Waals surface area (Å²) in [6.07, 6.45) is 42.3. The molecule has 0 bridgehead atoms. The van der Waals surface area contributed by atoms with E-state index in [0.717, 1.165) is 57.8 Å². The summed E-state index contributed by atoms with van der Waals surface area (Å²) in [4.78, 5) is 13.0. The van der Waals surface area contributed by atoms with Crippen molar-refractivity contribution in [1.29, 1.82) is 5.26 Å². The van der Waals surface area contributed by atoms with Gasteiger partial charge >= 0.3 is 13.7 Å². The molecule has 2 atom stereocenters. The van der Waals surface area contributed by atoms with Crippen molar-refractivity contribution < 1.29 is 27.9 Å². The molecule has 1 unspecified atom stereocenters. The summed E-state index contributed by atoms with van der Waals surface area (Å²) in [6.45, 7) is 12.9. The standard InChI is InChI=1S/C48H91N2O6P/c1-7-9-11-13-15-17-19-21-23-25-27-29-31-33-35-37-41-53-43-47(44-55-57(52,54-42-38-40-49)50(45(3)4)46(5)6)56-48(51)39-36-34-32-30-28-26-24-22-20-18-16-14-12-10-8-2/h16,18,22,24,45-47H,7-15,17,19-21,23,25-39,41-44H2,1-6H3/b18-16+,24-22+/t47-,57?/m1/s1. The first-order valence-electron chi connectivity index (χ1n) is 23.8. The van der Waals surface area contributed by atoms with E-state index in [1.165, 1.54) is 116 Å². The van der Waals surface area contributed by atoms with Gasteiger partial charge in [0.1, 0.15) is 6.10 Å². The van der Waals surface area contributed by atoms with Gasteiger partial charge in [-0.05, 0) is 72.6 Å². The molecule has 0 aromatic carbocycles. The van der Waals surface area contributed by atoms with Crippen LogP contribution in [0, 0.1) is 11.3 Å². The van der Waals surface area contributed by atoms with Gasteiger partial charge in [0.25, 0.3) is 0 Å². The Kier molecular flexibility index (Phi) is 40.2. The lowest BCUT2D eigenvalue weighted by molar-refractivity contribution is -0.154. The number of nitrogens with zero attached hydrogens (tertiary/aromatic N) is 2. The Labute approximate surface area is 353 Å². The lowest BCUT2D eigenvalue weighted by Gasteiger charge is -2.36. The molecule has 0 spiro atoms. The largest absolute Gasteiger partial charge is 0.457 e. The van der Waals surface area contributed by atoms with E-state index in [1.807, 2.05) is 33.8 Å². The molecule has 9 heteroatoms. The van der Waals surface area contributed by atoms with Gasteiger partial charge in [-0.1, -0.05) is 167 Å². The van der Waals surface area contributed by atoms with Crippen LogP contribution in [0.3, 0.4) is 0 Å². The quantitative estimate of drug-likeness (QED) is 0.0259. The first-order valence-corrected chi connectivity index (χ1v) is 25.3. The van der Waals surface area contributed by atoms with Gasteiger partial charge in [0.15, 0.2) is 0 Å². The van der Waals surface area contributed by atoms with Gasteiger partial charge in [-0.2, -0.15) is 5.26 Å². The maximum Gasteiger partial charge on any atom is 0.408 e. The summed E-state index contributed by atoms with van der Waals surface area (Å²) in [7, 11) is -3.77. The Balaban J connectivity index is 4.67. The van der Waals surface area contributed by atoms with E-state index >= 15 is 0 Å². The minimum Gasteiger partial charge on any atom is -0.457 e. The second-order valence-electron chi connectivity index (χ2n) is 16.5. The number of esters is 1. The third-order valence-corrected chi connectivity index (χ3v) is 12.8. The first kappa shape index (κ1) is 55.5. The lowest BCUT2D eigenvalue weighted by atomic mass is 10.0. The van der Waals surface area contributed by atoms with Gasteiger partial charge in [0.05, 0.1) is 32.3 Å². The normalized spacial score (nSPS) is 13.7. The molecule has 0 saturated heterocycles. The molecule has 0 aliphatic rings. The second-order valence-corrected chi connectivity index (χ2v) is 18.5. The molecule has 0 N–H and O–H groups in total. The molecule has 0 saturated carbocycles. The highest BCUT2D eigenvalue weighted by Crippen LogP contribution is 2.54. The molecule has 0 aromatic rings. The van der Waals surface area contributed by atoms with Crippen LogP contribution >= 0.6 is 7.75 Å². The Bertz CT molecular complexity index is 1030. The SMILES string of the molecule is CCCCC/C=C/C/C=C/CCCCCCCC(=O)O[C@H](COCCCCCCCCCCCCCCCCCC)COP(=O)(OCCC#N)N(C(C)C)C(C)C. The third-order valence-electron chi connectivity index (χ3n) is 10.3. The van der Waals surface area contributed by atoms with E-state index < -0.39 is 13.9 Å². The van der Waals surface area contributed by atoms with E-state index in [-0.39, 0.29) is 44.3 Å². The molecule has 0 heterocycles. The van der Waals surface area contributed by atoms with Crippen LogP contribution in [0.5, 0.6) is 0 Å². The van der Waals surface area contributed by atoms with Crippen LogP contribution in [0.2, 0.25) is 0 Å². The van der Waals surface area contributed by atoms with Crippen LogP contribution in [0.15, 0.2) is 24.3 Å². The number of nitriles is 1. The summed E-state index contributed by atoms with van der Waals surface area (Å²) in [5.74, 6) is -0.287. The fourth-order valence-electron chi connectivity index (χ4n) is 7.13. The van der Waals surface area contributed by atoms with Gasteiger partial charge in [-0.3, -0.25) is 13.8 Å². The van der Waals surface area contributed by atoms with Crippen molar-refractivity contribution in [1.82, 2.24) is 4.67 Å². The molecule has 0 aromatic heterocycles. The number of unbranched alkanes of at least 4 members (excludes halogenated alkanes) is 23. The van der Waals surface area contributed by atoms with Crippen molar-refractivity contribution in [2.45, 2.75) is 246 Å². The lowest BCUT2D eigenvalue weighted by Crippen LogP contribution is -2.37. The maximum absolute atomic E-state index is 14.1. The Hall–Kier alpha value is -1.49. The minimum atomic E-state index is -3.77. The van der Waals surface area contributed by atoms with E-state index in [2.05, 4.69) is 38.2 Å². The minimum absolute atomic E-state index is 0.00322. The Morgan fingerprint density at radius 3 is 1.56 bits per heavy atom. The van der Waals surface area contributed by atoms with Crippen molar-refractivity contribution in [3.05, 3.63) is 24.3 Å². The van der Waals surface area contributed by atoms with Crippen LogP contribution in [0.4, 0.5) is 0 Å². The Morgan fingerprint density at radius 2 is 1.05 bits per heavy atom. The van der Waals surface area contributed by atoms with Crippen molar-refractivity contribution in [3.8, 4) is 6.07 Å². The number of rotatable bonds is 43. The van der Waals surface area contributed by atoms with E-state index in [4.69, 9.17) is 23.8 Å². The van der Waals surface area contributed by atoms with Gasteiger partial charge < -0.3 is 9.47 Å². The fourth-order valence-corrected chi connectivity index (χ4v) is 9.27. The number of carbonyl (C=O) groups excluding carboxylic acids is 1. The first-order chi connectivity index (χ1) is 27.7. The third kappa shape index (κ3) is 35.0. The van der Waals surface area contributed by atoms with Crippen molar-refractivity contribution in [2.24, 2.45) is 0 Å². The maximum atomic E-state index is 14.1. The molecule has 334 valence electrons. The Morgan fingerprint density at radius 1 is 0.596 bits per heavy atom. The molecule has 0 radical (unpaired) electrons. The van der Waals surface area contributed by atoms with Gasteiger partial charge in [-0.15, -0.1) is 0 Å². The van der Waals surface area contributed by atoms with Crippen molar-refractivity contribution in [2.75, 3.05) is 26.4 Å². The molecule has 0 rings (SSSR count). The van der Waals surface area contributed by atoms with E-state index in [9.17, 15) is 9.36 Å². The number of carbonyl (C=O) groups is 1. The summed E-state index contributed by atoms with van der Waals surface area (Å²) in [5.41, 5.74) is 0. The predicted molar refractivity (Wildman–Crippen MR) is 241 cm³/mol. The van der Waals surface area contributed by atoms with Crippen LogP contribution in [0.1, 0.15) is 228 Å². The molecular weight excluding hydrogens is 732 g/mol. The van der Waals surface area contributed by atoms with E-state index in [1.54, 1.807) is 4.67 Å². The predicted octanol–water partition coefficient (Wildman–Crippen LogP) is 15.2.